The van der Waals surface area contributed by atoms with Gasteiger partial charge in [-0.25, -0.2) is 4.39 Å². The monoisotopic (exact) mass is 537 g/mol. The lowest BCUT2D eigenvalue weighted by Gasteiger charge is -2.32. The number of rotatable bonds is 13. The van der Waals surface area contributed by atoms with Gasteiger partial charge < -0.3 is 10.2 Å². The molecule has 200 valence electrons. The summed E-state index contributed by atoms with van der Waals surface area (Å²) >= 11 is 1.37. The molecular weight excluding hydrogens is 505 g/mol. The van der Waals surface area contributed by atoms with Gasteiger partial charge in [0.05, 0.1) is 10.7 Å². The van der Waals surface area contributed by atoms with Gasteiger partial charge in [-0.2, -0.15) is 0 Å². The number of nitrogens with one attached hydrogen (secondary N) is 1. The first-order valence-electron chi connectivity index (χ1n) is 12.5. The van der Waals surface area contributed by atoms with Crippen molar-refractivity contribution in [1.29, 1.82) is 0 Å². The lowest BCUT2D eigenvalue weighted by molar-refractivity contribution is -0.384. The summed E-state index contributed by atoms with van der Waals surface area (Å²) in [6, 6.07) is 20.8. The Morgan fingerprint density at radius 1 is 0.974 bits per heavy atom. The summed E-state index contributed by atoms with van der Waals surface area (Å²) < 4.78 is 13.6. The number of nitro benzene ring substituents is 1. The van der Waals surface area contributed by atoms with Gasteiger partial charge in [0.25, 0.3) is 5.69 Å². The molecule has 0 aromatic heterocycles. The maximum Gasteiger partial charge on any atom is 0.269 e. The van der Waals surface area contributed by atoms with E-state index in [1.165, 1.54) is 36.0 Å². The number of hydrogen-bond donors (Lipinski definition) is 1. The highest BCUT2D eigenvalue weighted by Gasteiger charge is 2.30. The zero-order valence-corrected chi connectivity index (χ0v) is 22.3. The van der Waals surface area contributed by atoms with E-state index in [1.54, 1.807) is 29.2 Å². The molecule has 0 radical (unpaired) electrons. The van der Waals surface area contributed by atoms with Crippen LogP contribution >= 0.6 is 11.8 Å². The number of carbonyl (C=O) groups excluding carboxylic acids is 2. The Hall–Kier alpha value is -3.72. The third-order valence-corrected chi connectivity index (χ3v) is 7.17. The van der Waals surface area contributed by atoms with E-state index in [-0.39, 0.29) is 41.7 Å². The number of nitrogens with zero attached hydrogens (tertiary/aromatic N) is 2. The van der Waals surface area contributed by atoms with Crippen molar-refractivity contribution < 1.29 is 18.9 Å². The van der Waals surface area contributed by atoms with Gasteiger partial charge in [-0.3, -0.25) is 19.7 Å². The molecule has 9 heteroatoms. The maximum atomic E-state index is 13.6. The minimum Gasteiger partial charge on any atom is -0.352 e. The van der Waals surface area contributed by atoms with Crippen LogP contribution in [0.4, 0.5) is 10.1 Å². The van der Waals surface area contributed by atoms with Gasteiger partial charge in [0.15, 0.2) is 0 Å². The van der Waals surface area contributed by atoms with Crippen LogP contribution in [0, 0.1) is 15.9 Å². The van der Waals surface area contributed by atoms with Crippen molar-refractivity contribution in [3.05, 3.63) is 111 Å². The van der Waals surface area contributed by atoms with Gasteiger partial charge in [-0.1, -0.05) is 61.5 Å². The quantitative estimate of drug-likeness (QED) is 0.229. The number of benzene rings is 3. The average Bonchev–Trinajstić information content (AvgIpc) is 2.92. The molecule has 0 aliphatic carbocycles. The molecule has 0 bridgehead atoms. The summed E-state index contributed by atoms with van der Waals surface area (Å²) in [6.45, 7) is 4.06. The fraction of sp³-hybridized carbons (Fsp3) is 0.310. The van der Waals surface area contributed by atoms with E-state index < -0.39 is 11.0 Å². The molecule has 0 spiro atoms. The fourth-order valence-corrected chi connectivity index (χ4v) is 4.71. The molecular formula is C29H32FN3O4S. The van der Waals surface area contributed by atoms with Crippen LogP contribution in [0.5, 0.6) is 0 Å². The molecule has 1 N–H and O–H groups in total. The minimum absolute atomic E-state index is 0.0105. The predicted molar refractivity (Wildman–Crippen MR) is 148 cm³/mol. The third-order valence-electron chi connectivity index (χ3n) is 6.18. The summed E-state index contributed by atoms with van der Waals surface area (Å²) in [7, 11) is 0. The van der Waals surface area contributed by atoms with E-state index in [4.69, 9.17) is 0 Å². The van der Waals surface area contributed by atoms with Crippen molar-refractivity contribution in [1.82, 2.24) is 10.2 Å². The van der Waals surface area contributed by atoms with E-state index in [2.05, 4.69) is 5.32 Å². The molecule has 0 saturated carbocycles. The van der Waals surface area contributed by atoms with E-state index in [0.717, 1.165) is 23.1 Å². The van der Waals surface area contributed by atoms with Crippen LogP contribution in [0.25, 0.3) is 0 Å². The Balaban J connectivity index is 1.82. The lowest BCUT2D eigenvalue weighted by Crippen LogP contribution is -2.52. The van der Waals surface area contributed by atoms with Crippen LogP contribution in [0.3, 0.4) is 0 Å². The normalized spacial score (nSPS) is 12.4. The lowest BCUT2D eigenvalue weighted by atomic mass is 10.0. The SMILES string of the molecule is CC[C@@H](C)NC(=O)[C@H](Cc1ccccc1)N(Cc1ccc(F)cc1)C(=O)CSCc1ccc([N+](=O)[O-])cc1. The molecule has 3 aromatic carbocycles. The average molecular weight is 538 g/mol. The van der Waals surface area contributed by atoms with Crippen molar-refractivity contribution in [2.75, 3.05) is 5.75 Å². The molecule has 0 heterocycles. The van der Waals surface area contributed by atoms with Crippen LogP contribution in [0.2, 0.25) is 0 Å². The van der Waals surface area contributed by atoms with Crippen molar-refractivity contribution in [3.63, 3.8) is 0 Å². The van der Waals surface area contributed by atoms with Crippen LogP contribution in [0.1, 0.15) is 37.0 Å². The summed E-state index contributed by atoms with van der Waals surface area (Å²) in [5, 5.41) is 13.9. The van der Waals surface area contributed by atoms with Gasteiger partial charge in [0, 0.05) is 36.9 Å². The maximum absolute atomic E-state index is 13.6. The highest BCUT2D eigenvalue weighted by molar-refractivity contribution is 7.99. The second kappa shape index (κ2) is 14.3. The molecule has 0 fully saturated rings. The van der Waals surface area contributed by atoms with Crippen molar-refractivity contribution in [3.8, 4) is 0 Å². The Morgan fingerprint density at radius 2 is 1.61 bits per heavy atom. The fourth-order valence-electron chi connectivity index (χ4n) is 3.83. The highest BCUT2D eigenvalue weighted by atomic mass is 32.2. The summed E-state index contributed by atoms with van der Waals surface area (Å²) in [5.41, 5.74) is 2.51. The molecule has 2 amide bonds. The highest BCUT2D eigenvalue weighted by Crippen LogP contribution is 2.20. The topological polar surface area (TPSA) is 92.6 Å². The molecule has 7 nitrogen and oxygen atoms in total. The first-order chi connectivity index (χ1) is 18.3. The van der Waals surface area contributed by atoms with Gasteiger partial charge in [-0.05, 0) is 42.2 Å². The number of hydrogen-bond acceptors (Lipinski definition) is 5. The summed E-state index contributed by atoms with van der Waals surface area (Å²) in [5.74, 6) is -0.238. The van der Waals surface area contributed by atoms with Crippen molar-refractivity contribution >= 4 is 29.3 Å². The molecule has 38 heavy (non-hydrogen) atoms. The van der Waals surface area contributed by atoms with E-state index >= 15 is 0 Å². The molecule has 3 aromatic rings. The predicted octanol–water partition coefficient (Wildman–Crippen LogP) is 5.52. The Kier molecular flexibility index (Phi) is 10.8. The smallest absolute Gasteiger partial charge is 0.269 e. The molecule has 2 atom stereocenters. The van der Waals surface area contributed by atoms with Crippen LogP contribution in [-0.2, 0) is 28.3 Å². The second-order valence-electron chi connectivity index (χ2n) is 9.09. The number of amides is 2. The largest absolute Gasteiger partial charge is 0.352 e. The number of non-ortho nitro benzene ring substituents is 1. The van der Waals surface area contributed by atoms with Gasteiger partial charge in [-0.15, -0.1) is 11.8 Å². The second-order valence-corrected chi connectivity index (χ2v) is 10.1. The molecule has 0 aliphatic rings. The molecule has 0 unspecified atom stereocenters. The zero-order valence-electron chi connectivity index (χ0n) is 21.5. The van der Waals surface area contributed by atoms with Crippen LogP contribution in [-0.4, -0.2) is 39.5 Å². The number of carbonyl (C=O) groups is 2. The number of halogens is 1. The molecule has 0 saturated heterocycles. The Bertz CT molecular complexity index is 1210. The minimum atomic E-state index is -0.760. The number of nitro groups is 1. The first kappa shape index (κ1) is 28.8. The number of thioether (sulfide) groups is 1. The van der Waals surface area contributed by atoms with Gasteiger partial charge >= 0.3 is 0 Å². The Morgan fingerprint density at radius 3 is 2.21 bits per heavy atom. The van der Waals surface area contributed by atoms with Crippen LogP contribution < -0.4 is 5.32 Å². The van der Waals surface area contributed by atoms with Gasteiger partial charge in [0.2, 0.25) is 11.8 Å². The van der Waals surface area contributed by atoms with E-state index in [9.17, 15) is 24.1 Å². The van der Waals surface area contributed by atoms with Crippen LogP contribution in [0.15, 0.2) is 78.9 Å². The zero-order chi connectivity index (χ0) is 27.5. The van der Waals surface area contributed by atoms with Gasteiger partial charge in [0.1, 0.15) is 11.9 Å². The summed E-state index contributed by atoms with van der Waals surface area (Å²) in [6.07, 6.45) is 1.09. The Labute approximate surface area is 226 Å². The third kappa shape index (κ3) is 8.69. The standard InChI is InChI=1S/C29H32FN3O4S/c1-3-21(2)31-29(35)27(17-22-7-5-4-6-8-22)32(18-23-9-13-25(30)14-10-23)28(34)20-38-19-24-11-15-26(16-12-24)33(36)37/h4-16,21,27H,3,17-20H2,1-2H3,(H,31,35)/t21-,27+/m1/s1. The van der Waals surface area contributed by atoms with Crippen molar-refractivity contribution in [2.24, 2.45) is 0 Å². The molecule has 3 rings (SSSR count). The first-order valence-corrected chi connectivity index (χ1v) is 13.6. The van der Waals surface area contributed by atoms with E-state index in [1.807, 2.05) is 44.2 Å². The summed E-state index contributed by atoms with van der Waals surface area (Å²) in [4.78, 5) is 39.1. The molecule has 0 aliphatic heterocycles. The van der Waals surface area contributed by atoms with Crippen molar-refractivity contribution in [2.45, 2.75) is 51.1 Å². The van der Waals surface area contributed by atoms with E-state index in [0.29, 0.717) is 12.2 Å².